The SMILES string of the molecule is CC(C)(C)c1ccc(OCCCC(=O)Nc2ccccc2Oc2ccccc2)cc1. The van der Waals surface area contributed by atoms with Gasteiger partial charge in [-0.3, -0.25) is 4.79 Å². The van der Waals surface area contributed by atoms with E-state index in [4.69, 9.17) is 9.47 Å². The first-order chi connectivity index (χ1) is 14.4. The summed E-state index contributed by atoms with van der Waals surface area (Å²) in [6.45, 7) is 7.05. The van der Waals surface area contributed by atoms with Crippen LogP contribution in [0, 0.1) is 0 Å². The Morgan fingerprint density at radius 1 is 0.833 bits per heavy atom. The number of carbonyl (C=O) groups is 1. The molecule has 1 amide bonds. The van der Waals surface area contributed by atoms with Crippen molar-refractivity contribution in [3.05, 3.63) is 84.4 Å². The fourth-order valence-electron chi connectivity index (χ4n) is 2.96. The van der Waals surface area contributed by atoms with Gasteiger partial charge in [-0.2, -0.15) is 0 Å². The molecule has 0 saturated heterocycles. The van der Waals surface area contributed by atoms with Gasteiger partial charge in [-0.25, -0.2) is 0 Å². The van der Waals surface area contributed by atoms with E-state index in [0.717, 1.165) is 11.5 Å². The predicted molar refractivity (Wildman–Crippen MR) is 121 cm³/mol. The Balaban J connectivity index is 1.46. The van der Waals surface area contributed by atoms with Crippen LogP contribution in [-0.4, -0.2) is 12.5 Å². The highest BCUT2D eigenvalue weighted by molar-refractivity contribution is 5.92. The predicted octanol–water partition coefficient (Wildman–Crippen LogP) is 6.57. The van der Waals surface area contributed by atoms with Gasteiger partial charge in [0.05, 0.1) is 12.3 Å². The molecule has 156 valence electrons. The van der Waals surface area contributed by atoms with Gasteiger partial charge < -0.3 is 14.8 Å². The number of ether oxygens (including phenoxy) is 2. The van der Waals surface area contributed by atoms with Crippen LogP contribution in [0.2, 0.25) is 0 Å². The third-order valence-electron chi connectivity index (χ3n) is 4.67. The van der Waals surface area contributed by atoms with Crippen molar-refractivity contribution in [3.63, 3.8) is 0 Å². The molecule has 0 bridgehead atoms. The molecule has 0 aliphatic carbocycles. The summed E-state index contributed by atoms with van der Waals surface area (Å²) in [6, 6.07) is 25.1. The number of hydrogen-bond donors (Lipinski definition) is 1. The van der Waals surface area contributed by atoms with Crippen molar-refractivity contribution in [2.45, 2.75) is 39.0 Å². The van der Waals surface area contributed by atoms with Gasteiger partial charge in [0.25, 0.3) is 0 Å². The van der Waals surface area contributed by atoms with E-state index in [1.54, 1.807) is 0 Å². The first kappa shape index (κ1) is 21.4. The van der Waals surface area contributed by atoms with Crippen molar-refractivity contribution in [3.8, 4) is 17.2 Å². The molecule has 0 unspecified atom stereocenters. The molecule has 0 saturated carbocycles. The van der Waals surface area contributed by atoms with E-state index in [1.807, 2.05) is 66.7 Å². The van der Waals surface area contributed by atoms with Crippen LogP contribution in [0.15, 0.2) is 78.9 Å². The summed E-state index contributed by atoms with van der Waals surface area (Å²) >= 11 is 0. The Bertz CT molecular complexity index is 944. The largest absolute Gasteiger partial charge is 0.494 e. The molecule has 3 aromatic carbocycles. The van der Waals surface area contributed by atoms with Crippen molar-refractivity contribution in [1.82, 2.24) is 0 Å². The minimum absolute atomic E-state index is 0.0641. The average Bonchev–Trinajstić information content (AvgIpc) is 2.73. The molecule has 0 aromatic heterocycles. The molecule has 0 spiro atoms. The van der Waals surface area contributed by atoms with Gasteiger partial charge in [-0.05, 0) is 53.8 Å². The van der Waals surface area contributed by atoms with Crippen LogP contribution >= 0.6 is 0 Å². The van der Waals surface area contributed by atoms with Gasteiger partial charge in [0.2, 0.25) is 5.91 Å². The molecular weight excluding hydrogens is 374 g/mol. The molecule has 3 aromatic rings. The first-order valence-electron chi connectivity index (χ1n) is 10.3. The van der Waals surface area contributed by atoms with Crippen molar-refractivity contribution in [2.24, 2.45) is 0 Å². The Morgan fingerprint density at radius 3 is 2.20 bits per heavy atom. The van der Waals surface area contributed by atoms with Crippen LogP contribution in [0.1, 0.15) is 39.2 Å². The third kappa shape index (κ3) is 6.38. The standard InChI is InChI=1S/C26H29NO3/c1-26(2,3)20-15-17-21(18-16-20)29-19-9-14-25(28)27-23-12-7-8-13-24(23)30-22-10-5-4-6-11-22/h4-8,10-13,15-18H,9,14,19H2,1-3H3,(H,27,28). The summed E-state index contributed by atoms with van der Waals surface area (Å²) in [6.07, 6.45) is 1.01. The van der Waals surface area contributed by atoms with Gasteiger partial charge in [0, 0.05) is 6.42 Å². The molecule has 0 atom stereocenters. The smallest absolute Gasteiger partial charge is 0.224 e. The highest BCUT2D eigenvalue weighted by Crippen LogP contribution is 2.29. The third-order valence-corrected chi connectivity index (χ3v) is 4.67. The summed E-state index contributed by atoms with van der Waals surface area (Å²) in [7, 11) is 0. The molecular formula is C26H29NO3. The molecule has 30 heavy (non-hydrogen) atoms. The van der Waals surface area contributed by atoms with Crippen LogP contribution in [0.25, 0.3) is 0 Å². The lowest BCUT2D eigenvalue weighted by Gasteiger charge is -2.19. The van der Waals surface area contributed by atoms with Gasteiger partial charge in [0.15, 0.2) is 5.75 Å². The molecule has 0 aliphatic rings. The Morgan fingerprint density at radius 2 is 1.50 bits per heavy atom. The summed E-state index contributed by atoms with van der Waals surface area (Å²) in [4.78, 5) is 12.4. The fourth-order valence-corrected chi connectivity index (χ4v) is 2.96. The zero-order valence-corrected chi connectivity index (χ0v) is 17.9. The van der Waals surface area contributed by atoms with E-state index >= 15 is 0 Å². The van der Waals surface area contributed by atoms with Crippen LogP contribution in [0.4, 0.5) is 5.69 Å². The van der Waals surface area contributed by atoms with Crippen LogP contribution < -0.4 is 14.8 Å². The zero-order chi connectivity index (χ0) is 21.4. The maximum atomic E-state index is 12.4. The van der Waals surface area contributed by atoms with Gasteiger partial charge in [-0.1, -0.05) is 63.2 Å². The summed E-state index contributed by atoms with van der Waals surface area (Å²) in [5, 5.41) is 2.93. The number of hydrogen-bond acceptors (Lipinski definition) is 3. The number of anilines is 1. The average molecular weight is 404 g/mol. The topological polar surface area (TPSA) is 47.6 Å². The van der Waals surface area contributed by atoms with E-state index < -0.39 is 0 Å². The molecule has 0 aliphatic heterocycles. The highest BCUT2D eigenvalue weighted by atomic mass is 16.5. The number of rotatable bonds is 8. The van der Waals surface area contributed by atoms with Gasteiger partial charge in [0.1, 0.15) is 11.5 Å². The van der Waals surface area contributed by atoms with Crippen molar-refractivity contribution >= 4 is 11.6 Å². The van der Waals surface area contributed by atoms with E-state index in [0.29, 0.717) is 30.9 Å². The van der Waals surface area contributed by atoms with Crippen molar-refractivity contribution in [2.75, 3.05) is 11.9 Å². The Kier molecular flexibility index (Phi) is 7.12. The molecule has 4 heteroatoms. The second-order valence-corrected chi connectivity index (χ2v) is 8.19. The zero-order valence-electron chi connectivity index (χ0n) is 17.9. The van der Waals surface area contributed by atoms with Crippen LogP contribution in [0.5, 0.6) is 17.2 Å². The number of benzene rings is 3. The van der Waals surface area contributed by atoms with E-state index in [2.05, 4.69) is 38.2 Å². The van der Waals surface area contributed by atoms with E-state index in [-0.39, 0.29) is 11.3 Å². The quantitative estimate of drug-likeness (QED) is 0.433. The molecule has 4 nitrogen and oxygen atoms in total. The molecule has 0 heterocycles. The first-order valence-corrected chi connectivity index (χ1v) is 10.3. The lowest BCUT2D eigenvalue weighted by atomic mass is 9.87. The highest BCUT2D eigenvalue weighted by Gasteiger charge is 2.13. The lowest BCUT2D eigenvalue weighted by Crippen LogP contribution is -2.13. The molecule has 0 radical (unpaired) electrons. The van der Waals surface area contributed by atoms with Crippen molar-refractivity contribution in [1.29, 1.82) is 0 Å². The van der Waals surface area contributed by atoms with Crippen LogP contribution in [-0.2, 0) is 10.2 Å². The summed E-state index contributed by atoms with van der Waals surface area (Å²) in [5.74, 6) is 2.10. The normalized spacial score (nSPS) is 11.0. The van der Waals surface area contributed by atoms with E-state index in [9.17, 15) is 4.79 Å². The number of para-hydroxylation sites is 3. The second kappa shape index (κ2) is 9.97. The fraction of sp³-hybridized carbons (Fsp3) is 0.269. The minimum atomic E-state index is -0.0641. The van der Waals surface area contributed by atoms with E-state index in [1.165, 1.54) is 5.56 Å². The van der Waals surface area contributed by atoms with Crippen LogP contribution in [0.3, 0.4) is 0 Å². The van der Waals surface area contributed by atoms with Gasteiger partial charge in [-0.15, -0.1) is 0 Å². The summed E-state index contributed by atoms with van der Waals surface area (Å²) < 4.78 is 11.7. The Hall–Kier alpha value is -3.27. The van der Waals surface area contributed by atoms with Gasteiger partial charge >= 0.3 is 0 Å². The van der Waals surface area contributed by atoms with Crippen molar-refractivity contribution < 1.29 is 14.3 Å². The molecule has 0 fully saturated rings. The second-order valence-electron chi connectivity index (χ2n) is 8.19. The summed E-state index contributed by atoms with van der Waals surface area (Å²) in [5.41, 5.74) is 2.05. The monoisotopic (exact) mass is 403 g/mol. The number of nitrogens with one attached hydrogen (secondary N) is 1. The Labute approximate surface area is 178 Å². The maximum absolute atomic E-state index is 12.4. The lowest BCUT2D eigenvalue weighted by molar-refractivity contribution is -0.116. The molecule has 3 rings (SSSR count). The molecule has 1 N–H and O–H groups in total. The minimum Gasteiger partial charge on any atom is -0.494 e. The number of carbonyl (C=O) groups excluding carboxylic acids is 1. The maximum Gasteiger partial charge on any atom is 0.224 e. The number of amides is 1.